The number of aliphatic hydroxyl groups is 1. The largest absolute Gasteiger partial charge is 0.497 e. The Morgan fingerprint density at radius 1 is 0.975 bits per heavy atom. The van der Waals surface area contributed by atoms with E-state index in [1.54, 1.807) is 31.6 Å². The summed E-state index contributed by atoms with van der Waals surface area (Å²) >= 11 is 0. The molecule has 3 aromatic carbocycles. The summed E-state index contributed by atoms with van der Waals surface area (Å²) in [6.07, 6.45) is 3.29. The second-order valence-corrected chi connectivity index (χ2v) is 10.5. The molecule has 3 heterocycles. The predicted molar refractivity (Wildman–Crippen MR) is 151 cm³/mol. The van der Waals surface area contributed by atoms with E-state index in [4.69, 9.17) is 14.5 Å². The summed E-state index contributed by atoms with van der Waals surface area (Å²) in [5.74, 6) is 0.941. The quantitative estimate of drug-likeness (QED) is 0.335. The molecular weight excluding hydrogens is 502 g/mol. The van der Waals surface area contributed by atoms with Crippen LogP contribution in [-0.2, 0) is 11.2 Å². The molecule has 0 spiro atoms. The van der Waals surface area contributed by atoms with E-state index in [0.29, 0.717) is 45.3 Å². The van der Waals surface area contributed by atoms with Gasteiger partial charge in [-0.25, -0.2) is 4.98 Å². The lowest BCUT2D eigenvalue weighted by Gasteiger charge is -2.40. The number of hydrogen-bond donors (Lipinski definition) is 2. The van der Waals surface area contributed by atoms with E-state index in [1.807, 2.05) is 80.6 Å². The van der Waals surface area contributed by atoms with Gasteiger partial charge in [-0.2, -0.15) is 0 Å². The molecule has 7 nitrogen and oxygen atoms in total. The number of methoxy groups -OCH3 is 1. The Bertz CT molecular complexity index is 1820. The minimum Gasteiger partial charge on any atom is -0.497 e. The van der Waals surface area contributed by atoms with Gasteiger partial charge in [-0.3, -0.25) is 9.78 Å². The van der Waals surface area contributed by atoms with Crippen molar-refractivity contribution in [2.24, 2.45) is 0 Å². The third-order valence-electron chi connectivity index (χ3n) is 8.21. The minimum atomic E-state index is -1.78. The summed E-state index contributed by atoms with van der Waals surface area (Å²) in [7, 11) is 1.61. The van der Waals surface area contributed by atoms with Crippen LogP contribution < -0.4 is 15.0 Å². The van der Waals surface area contributed by atoms with Crippen LogP contribution in [0.15, 0.2) is 96.1 Å². The zero-order valence-electron chi connectivity index (χ0n) is 22.3. The van der Waals surface area contributed by atoms with E-state index in [9.17, 15) is 9.90 Å². The number of ether oxygens (including phenoxy) is 2. The first-order valence-electron chi connectivity index (χ1n) is 13.2. The Hall–Kier alpha value is -4.75. The van der Waals surface area contributed by atoms with Gasteiger partial charge in [0.1, 0.15) is 17.3 Å². The van der Waals surface area contributed by atoms with E-state index >= 15 is 0 Å². The summed E-state index contributed by atoms with van der Waals surface area (Å²) in [6.45, 7) is 3.96. The zero-order chi connectivity index (χ0) is 27.6. The minimum absolute atomic E-state index is 0.290. The van der Waals surface area contributed by atoms with E-state index in [1.165, 1.54) is 0 Å². The van der Waals surface area contributed by atoms with Gasteiger partial charge < -0.3 is 19.6 Å². The molecule has 0 amide bonds. The van der Waals surface area contributed by atoms with Gasteiger partial charge in [-0.1, -0.05) is 48.5 Å². The number of rotatable bonds is 4. The highest BCUT2D eigenvalue weighted by atomic mass is 16.5. The highest BCUT2D eigenvalue weighted by Crippen LogP contribution is 2.68. The van der Waals surface area contributed by atoms with Crippen LogP contribution in [0.4, 0.5) is 0 Å². The van der Waals surface area contributed by atoms with Crippen molar-refractivity contribution in [3.05, 3.63) is 141 Å². The molecule has 0 unspecified atom stereocenters. The first kappa shape index (κ1) is 24.3. The van der Waals surface area contributed by atoms with Crippen LogP contribution in [0.3, 0.4) is 0 Å². The second kappa shape index (κ2) is 8.63. The standard InChI is InChI=1S/C33H27N3O4/c1-19-17-20(2)27-25(18-19)40-33(23-9-11-24(39-3)12-10-23)28(21-7-5-4-6-8-21)26-29(32(27,33)38)35-30(36-31(26)37)22-13-15-34-16-14-22/h4-18,28,38H,1-3H3,(H,35,36,37)/t28-,32+,33+/m1/s1. The summed E-state index contributed by atoms with van der Waals surface area (Å²) in [5.41, 5.74) is 1.88. The Balaban J connectivity index is 1.63. The molecule has 2 aliphatic rings. The topological polar surface area (TPSA) is 97.3 Å². The number of aryl methyl sites for hydroxylation is 2. The van der Waals surface area contributed by atoms with Gasteiger partial charge in [0.05, 0.1) is 24.3 Å². The van der Waals surface area contributed by atoms with Crippen molar-refractivity contribution in [1.82, 2.24) is 15.0 Å². The fourth-order valence-electron chi connectivity index (χ4n) is 6.66. The number of nitrogens with one attached hydrogen (secondary N) is 1. The maximum Gasteiger partial charge on any atom is 0.255 e. The maximum absolute atomic E-state index is 14.1. The van der Waals surface area contributed by atoms with Crippen LogP contribution in [0.25, 0.3) is 11.4 Å². The SMILES string of the molecule is COc1ccc([C@@]23Oc4cc(C)cc(C)c4[C@]2(O)c2nc(-c4ccncc4)[nH]c(=O)c2[C@H]3c2ccccc2)cc1. The number of aromatic amines is 1. The van der Waals surface area contributed by atoms with Crippen LogP contribution in [0, 0.1) is 13.8 Å². The number of aromatic nitrogens is 3. The molecule has 3 atom stereocenters. The van der Waals surface area contributed by atoms with Crippen LogP contribution in [0.5, 0.6) is 11.5 Å². The van der Waals surface area contributed by atoms with Crippen LogP contribution in [0.1, 0.15) is 45.0 Å². The molecule has 0 saturated carbocycles. The Kier molecular flexibility index (Phi) is 5.24. The number of nitrogens with zero attached hydrogens (tertiary/aromatic N) is 2. The fourth-order valence-corrected chi connectivity index (χ4v) is 6.66. The Morgan fingerprint density at radius 3 is 2.40 bits per heavy atom. The molecule has 1 aliphatic heterocycles. The second-order valence-electron chi connectivity index (χ2n) is 10.5. The lowest BCUT2D eigenvalue weighted by atomic mass is 9.69. The molecular formula is C33H27N3O4. The number of fused-ring (bicyclic) bond motifs is 5. The molecule has 0 radical (unpaired) electrons. The molecule has 2 aromatic heterocycles. The summed E-state index contributed by atoms with van der Waals surface area (Å²) in [6, 6.07) is 24.7. The van der Waals surface area contributed by atoms with E-state index in [0.717, 1.165) is 16.7 Å². The fraction of sp³-hybridized carbons (Fsp3) is 0.182. The van der Waals surface area contributed by atoms with Crippen LogP contribution in [-0.4, -0.2) is 27.2 Å². The highest BCUT2D eigenvalue weighted by molar-refractivity contribution is 5.67. The number of benzene rings is 3. The molecule has 0 saturated heterocycles. The number of hydrogen-bond acceptors (Lipinski definition) is 6. The van der Waals surface area contributed by atoms with Gasteiger partial charge >= 0.3 is 0 Å². The zero-order valence-corrected chi connectivity index (χ0v) is 22.3. The molecule has 0 fully saturated rings. The first-order chi connectivity index (χ1) is 19.4. The first-order valence-corrected chi connectivity index (χ1v) is 13.2. The molecule has 40 heavy (non-hydrogen) atoms. The van der Waals surface area contributed by atoms with Crippen molar-refractivity contribution >= 4 is 0 Å². The molecule has 198 valence electrons. The maximum atomic E-state index is 14.1. The molecule has 5 aromatic rings. The van der Waals surface area contributed by atoms with Crippen LogP contribution in [0.2, 0.25) is 0 Å². The van der Waals surface area contributed by atoms with Gasteiger partial charge in [0.25, 0.3) is 5.56 Å². The van der Waals surface area contributed by atoms with Crippen molar-refractivity contribution in [1.29, 1.82) is 0 Å². The Morgan fingerprint density at radius 2 is 1.70 bits per heavy atom. The third-order valence-corrected chi connectivity index (χ3v) is 8.21. The number of H-pyrrole nitrogens is 1. The van der Waals surface area contributed by atoms with Crippen molar-refractivity contribution < 1.29 is 14.6 Å². The van der Waals surface area contributed by atoms with E-state index < -0.39 is 17.1 Å². The van der Waals surface area contributed by atoms with Crippen molar-refractivity contribution in [2.45, 2.75) is 31.0 Å². The monoisotopic (exact) mass is 529 g/mol. The van der Waals surface area contributed by atoms with Crippen molar-refractivity contribution in [3.8, 4) is 22.9 Å². The van der Waals surface area contributed by atoms with Gasteiger partial charge in [0, 0.05) is 29.1 Å². The number of pyridine rings is 1. The van der Waals surface area contributed by atoms with Crippen LogP contribution >= 0.6 is 0 Å². The third kappa shape index (κ3) is 3.12. The summed E-state index contributed by atoms with van der Waals surface area (Å²) < 4.78 is 12.4. The highest BCUT2D eigenvalue weighted by Gasteiger charge is 2.73. The lowest BCUT2D eigenvalue weighted by Crippen LogP contribution is -2.49. The Labute approximate surface area is 231 Å². The predicted octanol–water partition coefficient (Wildman–Crippen LogP) is 5.13. The van der Waals surface area contributed by atoms with Crippen molar-refractivity contribution in [2.75, 3.05) is 7.11 Å². The molecule has 7 heteroatoms. The van der Waals surface area contributed by atoms with E-state index in [2.05, 4.69) is 9.97 Å². The molecule has 1 aliphatic carbocycles. The van der Waals surface area contributed by atoms with Gasteiger partial charge in [-0.15, -0.1) is 0 Å². The van der Waals surface area contributed by atoms with Gasteiger partial charge in [0.2, 0.25) is 0 Å². The lowest BCUT2D eigenvalue weighted by molar-refractivity contribution is -0.0906. The molecule has 0 bridgehead atoms. The van der Waals surface area contributed by atoms with Crippen molar-refractivity contribution in [3.63, 3.8) is 0 Å². The van der Waals surface area contributed by atoms with E-state index in [-0.39, 0.29) is 5.56 Å². The van der Waals surface area contributed by atoms with Gasteiger partial charge in [0.15, 0.2) is 11.2 Å². The average molecular weight is 530 g/mol. The summed E-state index contributed by atoms with van der Waals surface area (Å²) in [4.78, 5) is 26.2. The average Bonchev–Trinajstić information content (AvgIpc) is 3.36. The summed E-state index contributed by atoms with van der Waals surface area (Å²) in [5, 5.41) is 13.3. The smallest absolute Gasteiger partial charge is 0.255 e. The molecule has 7 rings (SSSR count). The molecule has 2 N–H and O–H groups in total. The normalized spacial score (nSPS) is 22.2. The van der Waals surface area contributed by atoms with Gasteiger partial charge in [-0.05, 0) is 60.9 Å².